The molecule has 2 rings (SSSR count). The Bertz CT molecular complexity index is 805. The van der Waals surface area contributed by atoms with Gasteiger partial charge in [-0.3, -0.25) is 19.0 Å². The van der Waals surface area contributed by atoms with Crippen molar-refractivity contribution in [2.75, 3.05) is 5.32 Å². The van der Waals surface area contributed by atoms with Crippen LogP contribution in [0.2, 0.25) is 0 Å². The first-order valence-electron chi connectivity index (χ1n) is 8.03. The second-order valence-electron chi connectivity index (χ2n) is 6.13. The van der Waals surface area contributed by atoms with Crippen LogP contribution in [-0.4, -0.2) is 22.5 Å². The maximum absolute atomic E-state index is 12.1. The van der Waals surface area contributed by atoms with Crippen molar-refractivity contribution in [1.82, 2.24) is 4.57 Å². The van der Waals surface area contributed by atoms with Gasteiger partial charge in [-0.15, -0.1) is 0 Å². The fourth-order valence-corrected chi connectivity index (χ4v) is 2.94. The van der Waals surface area contributed by atoms with Gasteiger partial charge in [0.2, 0.25) is 0 Å². The molecule has 0 aliphatic carbocycles. The second kappa shape index (κ2) is 8.11. The van der Waals surface area contributed by atoms with Crippen LogP contribution in [0.25, 0.3) is 0 Å². The van der Waals surface area contributed by atoms with E-state index in [1.165, 1.54) is 17.1 Å². The molecule has 25 heavy (non-hydrogen) atoms. The number of ether oxygens (including phenoxy) is 1. The molecule has 0 unspecified atom stereocenters. The van der Waals surface area contributed by atoms with E-state index < -0.39 is 18.0 Å². The first-order valence-corrected chi connectivity index (χ1v) is 8.91. The predicted molar refractivity (Wildman–Crippen MR) is 98.0 cm³/mol. The van der Waals surface area contributed by atoms with Crippen molar-refractivity contribution in [2.24, 2.45) is 0 Å². The molecular formula is C18H22N2O4S. The van der Waals surface area contributed by atoms with Gasteiger partial charge in [-0.05, 0) is 37.5 Å². The molecule has 0 fully saturated rings. The lowest BCUT2D eigenvalue weighted by atomic mass is 10.0. The molecule has 0 bridgehead atoms. The molecular weight excluding hydrogens is 340 g/mol. The second-order valence-corrected chi connectivity index (χ2v) is 6.95. The molecule has 1 aromatic carbocycles. The van der Waals surface area contributed by atoms with E-state index in [1.807, 2.05) is 24.3 Å². The van der Waals surface area contributed by atoms with Gasteiger partial charge in [-0.1, -0.05) is 37.3 Å². The van der Waals surface area contributed by atoms with Gasteiger partial charge in [0.15, 0.2) is 6.10 Å². The zero-order chi connectivity index (χ0) is 18.6. The summed E-state index contributed by atoms with van der Waals surface area (Å²) >= 11 is 1.02. The third-order valence-corrected chi connectivity index (χ3v) is 4.67. The Hall–Kier alpha value is -2.41. The molecule has 134 valence electrons. The number of thiazole rings is 1. The minimum Gasteiger partial charge on any atom is -0.451 e. The van der Waals surface area contributed by atoms with Gasteiger partial charge in [-0.25, -0.2) is 0 Å². The van der Waals surface area contributed by atoms with Crippen LogP contribution in [0.4, 0.5) is 5.69 Å². The van der Waals surface area contributed by atoms with E-state index in [1.54, 1.807) is 12.3 Å². The number of hydrogen-bond acceptors (Lipinski definition) is 5. The Labute approximate surface area is 150 Å². The van der Waals surface area contributed by atoms with Gasteiger partial charge >= 0.3 is 10.8 Å². The number of anilines is 1. The van der Waals surface area contributed by atoms with Crippen molar-refractivity contribution in [3.05, 3.63) is 50.6 Å². The average molecular weight is 362 g/mol. The van der Waals surface area contributed by atoms with E-state index in [4.69, 9.17) is 4.74 Å². The molecule has 0 aliphatic rings. The number of nitrogens with one attached hydrogen (secondary N) is 1. The maximum Gasteiger partial charge on any atom is 0.326 e. The third kappa shape index (κ3) is 5.03. The first kappa shape index (κ1) is 18.9. The van der Waals surface area contributed by atoms with Crippen molar-refractivity contribution in [2.45, 2.75) is 46.3 Å². The average Bonchev–Trinajstić information content (AvgIpc) is 2.87. The van der Waals surface area contributed by atoms with E-state index in [9.17, 15) is 14.4 Å². The summed E-state index contributed by atoms with van der Waals surface area (Å²) in [6.45, 7) is 7.22. The summed E-state index contributed by atoms with van der Waals surface area (Å²) < 4.78 is 6.45. The summed E-state index contributed by atoms with van der Waals surface area (Å²) in [6, 6.07) is 7.53. The van der Waals surface area contributed by atoms with Crippen LogP contribution in [0.3, 0.4) is 0 Å². The van der Waals surface area contributed by atoms with Gasteiger partial charge in [0.1, 0.15) is 6.54 Å². The highest BCUT2D eigenvalue weighted by molar-refractivity contribution is 7.07. The highest BCUT2D eigenvalue weighted by Crippen LogP contribution is 2.17. The Kier molecular flexibility index (Phi) is 6.14. The molecule has 1 N–H and O–H groups in total. The Balaban J connectivity index is 1.91. The zero-order valence-corrected chi connectivity index (χ0v) is 15.6. The maximum atomic E-state index is 12.1. The SMILES string of the molecule is Cc1csc(=O)n1CC(=O)O[C@H](C)C(=O)Nc1ccc(C(C)C)cc1. The van der Waals surface area contributed by atoms with Crippen molar-refractivity contribution in [3.63, 3.8) is 0 Å². The van der Waals surface area contributed by atoms with E-state index >= 15 is 0 Å². The van der Waals surface area contributed by atoms with E-state index in [0.717, 1.165) is 11.3 Å². The normalized spacial score (nSPS) is 12.0. The van der Waals surface area contributed by atoms with Gasteiger partial charge < -0.3 is 10.1 Å². The highest BCUT2D eigenvalue weighted by Gasteiger charge is 2.19. The van der Waals surface area contributed by atoms with Crippen molar-refractivity contribution < 1.29 is 14.3 Å². The van der Waals surface area contributed by atoms with Crippen LogP contribution in [0.5, 0.6) is 0 Å². The number of rotatable bonds is 6. The van der Waals surface area contributed by atoms with Gasteiger partial charge in [0.05, 0.1) is 0 Å². The molecule has 0 saturated heterocycles. The van der Waals surface area contributed by atoms with Gasteiger partial charge in [0, 0.05) is 16.8 Å². The molecule has 0 aliphatic heterocycles. The molecule has 1 aromatic heterocycles. The molecule has 0 radical (unpaired) electrons. The minimum absolute atomic E-state index is 0.200. The monoisotopic (exact) mass is 362 g/mol. The standard InChI is InChI=1S/C18H22N2O4S/c1-11(2)14-5-7-15(8-6-14)19-17(22)13(4)24-16(21)9-20-12(3)10-25-18(20)23/h5-8,10-11,13H,9H2,1-4H3,(H,19,22)/t13-/m1/s1. The summed E-state index contributed by atoms with van der Waals surface area (Å²) in [7, 11) is 0. The molecule has 0 saturated carbocycles. The lowest BCUT2D eigenvalue weighted by Gasteiger charge is -2.14. The number of aryl methyl sites for hydroxylation is 1. The molecule has 2 aromatic rings. The number of hydrogen-bond donors (Lipinski definition) is 1. The van der Waals surface area contributed by atoms with Gasteiger partial charge in [-0.2, -0.15) is 0 Å². The molecule has 1 atom stereocenters. The molecule has 6 nitrogen and oxygen atoms in total. The molecule has 1 amide bonds. The third-order valence-electron chi connectivity index (χ3n) is 3.79. The van der Waals surface area contributed by atoms with E-state index in [0.29, 0.717) is 17.3 Å². The molecule has 0 spiro atoms. The fraction of sp³-hybridized carbons (Fsp3) is 0.389. The molecule has 7 heteroatoms. The number of aromatic nitrogens is 1. The number of benzene rings is 1. The van der Waals surface area contributed by atoms with Crippen molar-refractivity contribution in [1.29, 1.82) is 0 Å². The number of carbonyl (C=O) groups excluding carboxylic acids is 2. The Morgan fingerprint density at radius 2 is 1.84 bits per heavy atom. The quantitative estimate of drug-likeness (QED) is 0.802. The van der Waals surface area contributed by atoms with Crippen LogP contribution < -0.4 is 10.2 Å². The largest absolute Gasteiger partial charge is 0.451 e. The summed E-state index contributed by atoms with van der Waals surface area (Å²) in [6.07, 6.45) is -0.952. The molecule has 1 heterocycles. The van der Waals surface area contributed by atoms with Crippen molar-refractivity contribution in [3.8, 4) is 0 Å². The number of nitrogens with zero attached hydrogens (tertiary/aromatic N) is 1. The summed E-state index contributed by atoms with van der Waals surface area (Å²) in [5, 5.41) is 4.39. The van der Waals surface area contributed by atoms with Crippen LogP contribution in [0.15, 0.2) is 34.4 Å². The smallest absolute Gasteiger partial charge is 0.326 e. The van der Waals surface area contributed by atoms with Crippen LogP contribution >= 0.6 is 11.3 Å². The Morgan fingerprint density at radius 3 is 2.36 bits per heavy atom. The minimum atomic E-state index is -0.952. The predicted octanol–water partition coefficient (Wildman–Crippen LogP) is 2.91. The lowest BCUT2D eigenvalue weighted by Crippen LogP contribution is -2.32. The lowest BCUT2D eigenvalue weighted by molar-refractivity contribution is -0.153. The van der Waals surface area contributed by atoms with Crippen molar-refractivity contribution >= 4 is 28.9 Å². The van der Waals surface area contributed by atoms with Crippen LogP contribution in [0, 0.1) is 6.92 Å². The Morgan fingerprint density at radius 1 is 1.20 bits per heavy atom. The number of carbonyl (C=O) groups is 2. The van der Waals surface area contributed by atoms with Gasteiger partial charge in [0.25, 0.3) is 5.91 Å². The summed E-state index contributed by atoms with van der Waals surface area (Å²) in [4.78, 5) is 35.5. The number of esters is 1. The topological polar surface area (TPSA) is 77.4 Å². The van der Waals surface area contributed by atoms with E-state index in [-0.39, 0.29) is 11.4 Å². The zero-order valence-electron chi connectivity index (χ0n) is 14.7. The van der Waals surface area contributed by atoms with Crippen LogP contribution in [-0.2, 0) is 20.9 Å². The summed E-state index contributed by atoms with van der Waals surface area (Å²) in [5.41, 5.74) is 2.51. The fourth-order valence-electron chi connectivity index (χ4n) is 2.21. The first-order chi connectivity index (χ1) is 11.8. The number of amides is 1. The summed E-state index contributed by atoms with van der Waals surface area (Å²) in [5.74, 6) is -0.630. The highest BCUT2D eigenvalue weighted by atomic mass is 32.1. The van der Waals surface area contributed by atoms with Crippen LogP contribution in [0.1, 0.15) is 37.9 Å². The van der Waals surface area contributed by atoms with E-state index in [2.05, 4.69) is 19.2 Å².